The van der Waals surface area contributed by atoms with E-state index < -0.39 is 0 Å². The standard InChI is InChI=1S/C12H15N5O/c1-8-3-2-4-10-15-12(16-17(8)10)14-9-5-6-11(18)13-7-9/h2-4,9H,5-7H2,1H3,(H,13,18)(H,14,16). The summed E-state index contributed by atoms with van der Waals surface area (Å²) in [5, 5.41) is 10.5. The molecule has 2 aromatic rings. The van der Waals surface area contributed by atoms with Crippen molar-refractivity contribution in [3.05, 3.63) is 23.9 Å². The van der Waals surface area contributed by atoms with Gasteiger partial charge >= 0.3 is 0 Å². The molecule has 6 heteroatoms. The summed E-state index contributed by atoms with van der Waals surface area (Å²) in [6, 6.07) is 6.09. The van der Waals surface area contributed by atoms with Crippen molar-refractivity contribution in [1.82, 2.24) is 19.9 Å². The molecule has 1 aliphatic rings. The fraction of sp³-hybridized carbons (Fsp3) is 0.417. The second-order valence-corrected chi connectivity index (χ2v) is 4.56. The van der Waals surface area contributed by atoms with Crippen LogP contribution in [-0.4, -0.2) is 33.1 Å². The number of carbonyl (C=O) groups is 1. The van der Waals surface area contributed by atoms with E-state index in [1.807, 2.05) is 29.6 Å². The number of aromatic nitrogens is 3. The van der Waals surface area contributed by atoms with Gasteiger partial charge in [-0.1, -0.05) is 6.07 Å². The molecular formula is C12H15N5O. The molecule has 0 saturated carbocycles. The van der Waals surface area contributed by atoms with Crippen molar-refractivity contribution in [3.63, 3.8) is 0 Å². The Hall–Kier alpha value is -2.11. The average molecular weight is 245 g/mol. The van der Waals surface area contributed by atoms with Crippen LogP contribution >= 0.6 is 0 Å². The zero-order valence-electron chi connectivity index (χ0n) is 10.2. The maximum atomic E-state index is 11.1. The Morgan fingerprint density at radius 2 is 2.39 bits per heavy atom. The average Bonchev–Trinajstić information content (AvgIpc) is 2.76. The van der Waals surface area contributed by atoms with Gasteiger partial charge in [0.05, 0.1) is 0 Å². The molecule has 1 atom stereocenters. The first-order valence-electron chi connectivity index (χ1n) is 6.08. The first-order chi connectivity index (χ1) is 8.72. The van der Waals surface area contributed by atoms with Gasteiger partial charge in [-0.05, 0) is 25.5 Å². The Balaban J connectivity index is 1.79. The van der Waals surface area contributed by atoms with Crippen molar-refractivity contribution >= 4 is 17.5 Å². The Kier molecular flexibility index (Phi) is 2.62. The van der Waals surface area contributed by atoms with Gasteiger partial charge in [0.25, 0.3) is 0 Å². The second-order valence-electron chi connectivity index (χ2n) is 4.56. The zero-order chi connectivity index (χ0) is 12.5. The molecule has 0 aliphatic carbocycles. The summed E-state index contributed by atoms with van der Waals surface area (Å²) in [6.07, 6.45) is 1.38. The van der Waals surface area contributed by atoms with E-state index in [4.69, 9.17) is 0 Å². The topological polar surface area (TPSA) is 71.3 Å². The van der Waals surface area contributed by atoms with Crippen LogP contribution in [0.15, 0.2) is 18.2 Å². The van der Waals surface area contributed by atoms with E-state index in [1.165, 1.54) is 0 Å². The molecule has 2 N–H and O–H groups in total. The van der Waals surface area contributed by atoms with E-state index in [2.05, 4.69) is 20.7 Å². The predicted octanol–water partition coefficient (Wildman–Crippen LogP) is 0.728. The number of amides is 1. The third-order valence-corrected chi connectivity index (χ3v) is 3.15. The molecule has 1 amide bonds. The molecule has 3 heterocycles. The first kappa shape index (κ1) is 11.0. The molecule has 2 aromatic heterocycles. The van der Waals surface area contributed by atoms with E-state index in [-0.39, 0.29) is 11.9 Å². The highest BCUT2D eigenvalue weighted by atomic mass is 16.1. The van der Waals surface area contributed by atoms with Gasteiger partial charge in [-0.25, -0.2) is 4.52 Å². The Morgan fingerprint density at radius 3 is 3.11 bits per heavy atom. The van der Waals surface area contributed by atoms with Crippen LogP contribution in [0.25, 0.3) is 5.65 Å². The van der Waals surface area contributed by atoms with Gasteiger partial charge < -0.3 is 10.6 Å². The smallest absolute Gasteiger partial charge is 0.243 e. The van der Waals surface area contributed by atoms with Crippen molar-refractivity contribution in [2.75, 3.05) is 11.9 Å². The second kappa shape index (κ2) is 4.29. The normalized spacial score (nSPS) is 19.8. The number of fused-ring (bicyclic) bond motifs is 1. The van der Waals surface area contributed by atoms with Crippen molar-refractivity contribution in [2.24, 2.45) is 0 Å². The molecule has 6 nitrogen and oxygen atoms in total. The summed E-state index contributed by atoms with van der Waals surface area (Å²) in [7, 11) is 0. The van der Waals surface area contributed by atoms with Gasteiger partial charge in [-0.2, -0.15) is 4.98 Å². The molecule has 1 saturated heterocycles. The lowest BCUT2D eigenvalue weighted by Gasteiger charge is -2.22. The molecule has 0 spiro atoms. The molecule has 0 radical (unpaired) electrons. The highest BCUT2D eigenvalue weighted by Gasteiger charge is 2.19. The lowest BCUT2D eigenvalue weighted by Crippen LogP contribution is -2.42. The molecule has 0 bridgehead atoms. The Morgan fingerprint density at radius 1 is 1.50 bits per heavy atom. The monoisotopic (exact) mass is 245 g/mol. The number of nitrogens with zero attached hydrogens (tertiary/aromatic N) is 3. The van der Waals surface area contributed by atoms with Crippen LogP contribution in [0.1, 0.15) is 18.5 Å². The number of piperidine rings is 1. The minimum atomic E-state index is 0.117. The third-order valence-electron chi connectivity index (χ3n) is 3.15. The number of nitrogens with one attached hydrogen (secondary N) is 2. The lowest BCUT2D eigenvalue weighted by molar-refractivity contribution is -0.122. The predicted molar refractivity (Wildman–Crippen MR) is 67.4 cm³/mol. The van der Waals surface area contributed by atoms with Crippen LogP contribution in [0.3, 0.4) is 0 Å². The van der Waals surface area contributed by atoms with Crippen LogP contribution in [-0.2, 0) is 4.79 Å². The quantitative estimate of drug-likeness (QED) is 0.818. The van der Waals surface area contributed by atoms with Gasteiger partial charge in [-0.15, -0.1) is 5.10 Å². The summed E-state index contributed by atoms with van der Waals surface area (Å²) in [5.74, 6) is 0.734. The van der Waals surface area contributed by atoms with Gasteiger partial charge in [0.2, 0.25) is 11.9 Å². The molecular weight excluding hydrogens is 230 g/mol. The maximum absolute atomic E-state index is 11.1. The first-order valence-corrected chi connectivity index (χ1v) is 6.08. The molecule has 1 fully saturated rings. The fourth-order valence-corrected chi connectivity index (χ4v) is 2.14. The highest BCUT2D eigenvalue weighted by Crippen LogP contribution is 2.12. The summed E-state index contributed by atoms with van der Waals surface area (Å²) in [4.78, 5) is 15.5. The van der Waals surface area contributed by atoms with Crippen LogP contribution in [0.4, 0.5) is 5.95 Å². The number of rotatable bonds is 2. The van der Waals surface area contributed by atoms with Crippen molar-refractivity contribution in [1.29, 1.82) is 0 Å². The van der Waals surface area contributed by atoms with Crippen LogP contribution in [0, 0.1) is 6.92 Å². The molecule has 18 heavy (non-hydrogen) atoms. The SMILES string of the molecule is Cc1cccc2nc(NC3CCC(=O)NC3)nn12. The van der Waals surface area contributed by atoms with Crippen molar-refractivity contribution < 1.29 is 4.79 Å². The largest absolute Gasteiger partial charge is 0.354 e. The molecule has 0 aromatic carbocycles. The van der Waals surface area contributed by atoms with E-state index in [9.17, 15) is 4.79 Å². The van der Waals surface area contributed by atoms with E-state index in [1.54, 1.807) is 0 Å². The van der Waals surface area contributed by atoms with E-state index in [0.29, 0.717) is 18.9 Å². The molecule has 1 unspecified atom stereocenters. The number of hydrogen-bond donors (Lipinski definition) is 2. The van der Waals surface area contributed by atoms with Crippen molar-refractivity contribution in [3.8, 4) is 0 Å². The van der Waals surface area contributed by atoms with Crippen LogP contribution in [0.5, 0.6) is 0 Å². The number of carbonyl (C=O) groups excluding carboxylic acids is 1. The number of hydrogen-bond acceptors (Lipinski definition) is 4. The van der Waals surface area contributed by atoms with Crippen LogP contribution in [0.2, 0.25) is 0 Å². The van der Waals surface area contributed by atoms with Gasteiger partial charge in [0.1, 0.15) is 0 Å². The molecule has 94 valence electrons. The number of aryl methyl sites for hydroxylation is 1. The van der Waals surface area contributed by atoms with Crippen LogP contribution < -0.4 is 10.6 Å². The van der Waals surface area contributed by atoms with E-state index in [0.717, 1.165) is 17.8 Å². The third kappa shape index (κ3) is 2.01. The van der Waals surface area contributed by atoms with Gasteiger partial charge in [-0.3, -0.25) is 4.79 Å². The molecule has 3 rings (SSSR count). The Bertz CT molecular complexity index is 581. The van der Waals surface area contributed by atoms with Crippen molar-refractivity contribution in [2.45, 2.75) is 25.8 Å². The lowest BCUT2D eigenvalue weighted by atomic mass is 10.1. The summed E-state index contributed by atoms with van der Waals surface area (Å²) in [6.45, 7) is 2.62. The van der Waals surface area contributed by atoms with Gasteiger partial charge in [0.15, 0.2) is 5.65 Å². The number of anilines is 1. The zero-order valence-corrected chi connectivity index (χ0v) is 10.2. The minimum absolute atomic E-state index is 0.117. The summed E-state index contributed by atoms with van der Waals surface area (Å²) >= 11 is 0. The molecule has 1 aliphatic heterocycles. The minimum Gasteiger partial charge on any atom is -0.354 e. The van der Waals surface area contributed by atoms with Gasteiger partial charge in [0, 0.05) is 24.7 Å². The summed E-state index contributed by atoms with van der Waals surface area (Å²) < 4.78 is 1.81. The van der Waals surface area contributed by atoms with E-state index >= 15 is 0 Å². The highest BCUT2D eigenvalue weighted by molar-refractivity contribution is 5.76. The maximum Gasteiger partial charge on any atom is 0.243 e. The number of pyridine rings is 1. The Labute approximate surface area is 104 Å². The summed E-state index contributed by atoms with van der Waals surface area (Å²) in [5.41, 5.74) is 1.88. The fourth-order valence-electron chi connectivity index (χ4n) is 2.14.